The van der Waals surface area contributed by atoms with Crippen LogP contribution in [0.2, 0.25) is 0 Å². The highest BCUT2D eigenvalue weighted by Crippen LogP contribution is 2.50. The predicted molar refractivity (Wildman–Crippen MR) is 79.6 cm³/mol. The fraction of sp³-hybridized carbons (Fsp3) is 0.400. The van der Waals surface area contributed by atoms with E-state index in [2.05, 4.69) is 0 Å². The molecule has 1 atom stereocenters. The Morgan fingerprint density at radius 2 is 1.96 bits per heavy atom. The van der Waals surface area contributed by atoms with Gasteiger partial charge in [0.1, 0.15) is 0 Å². The summed E-state index contributed by atoms with van der Waals surface area (Å²) < 4.78 is 26.1. The number of amides is 3. The Morgan fingerprint density at radius 3 is 2.48 bits per heavy atom. The number of sulfonamides is 1. The molecule has 2 aliphatic rings. The summed E-state index contributed by atoms with van der Waals surface area (Å²) in [6.07, 6.45) is -0.352. The van der Waals surface area contributed by atoms with Crippen molar-refractivity contribution in [1.29, 1.82) is 0 Å². The van der Waals surface area contributed by atoms with Gasteiger partial charge in [0.2, 0.25) is 11.8 Å². The molecule has 7 nitrogen and oxygen atoms in total. The molecule has 23 heavy (non-hydrogen) atoms. The van der Waals surface area contributed by atoms with Crippen LogP contribution in [-0.4, -0.2) is 41.9 Å². The number of hydrogen-bond acceptors (Lipinski definition) is 5. The summed E-state index contributed by atoms with van der Waals surface area (Å²) in [4.78, 5) is 38.1. The molecular formula is C15H16N2O5S. The average Bonchev–Trinajstić information content (AvgIpc) is 2.79. The molecule has 0 bridgehead atoms. The van der Waals surface area contributed by atoms with E-state index in [9.17, 15) is 22.8 Å². The van der Waals surface area contributed by atoms with Crippen molar-refractivity contribution in [2.75, 3.05) is 6.54 Å². The minimum atomic E-state index is -4.16. The number of likely N-dealkylation sites (N-methyl/N-ethyl adjacent to an activating group) is 1. The lowest BCUT2D eigenvalue weighted by Gasteiger charge is -2.30. The van der Waals surface area contributed by atoms with Gasteiger partial charge < -0.3 is 0 Å². The molecule has 0 radical (unpaired) electrons. The van der Waals surface area contributed by atoms with Crippen LogP contribution in [-0.2, 0) is 29.9 Å². The van der Waals surface area contributed by atoms with Crippen LogP contribution in [0.1, 0.15) is 31.4 Å². The Labute approximate surface area is 133 Å². The van der Waals surface area contributed by atoms with E-state index >= 15 is 0 Å². The molecule has 1 aromatic rings. The standard InChI is InChI=1S/C15H16N2O5S/c1-4-16-13(19)8-15(14(16)20)11-7-9(2)5-6-12(11)23(21,22)17(15)10(3)18/h5-7H,4,8H2,1-3H3. The second-order valence-corrected chi connectivity index (χ2v) is 7.52. The minimum absolute atomic E-state index is 0.0857. The Hall–Kier alpha value is -2.22. The number of hydrogen-bond donors (Lipinski definition) is 0. The number of aryl methyl sites for hydroxylation is 1. The first-order valence-corrected chi connectivity index (χ1v) is 8.64. The van der Waals surface area contributed by atoms with Gasteiger partial charge in [-0.25, -0.2) is 12.7 Å². The van der Waals surface area contributed by atoms with E-state index in [4.69, 9.17) is 0 Å². The third-order valence-corrected chi connectivity index (χ3v) is 6.32. The zero-order valence-corrected chi connectivity index (χ0v) is 13.8. The van der Waals surface area contributed by atoms with Crippen LogP contribution in [0, 0.1) is 6.92 Å². The molecule has 0 aromatic heterocycles. The molecule has 0 saturated carbocycles. The van der Waals surface area contributed by atoms with Gasteiger partial charge >= 0.3 is 0 Å². The fourth-order valence-electron chi connectivity index (χ4n) is 3.46. The van der Waals surface area contributed by atoms with E-state index in [0.717, 1.165) is 17.4 Å². The first-order chi connectivity index (χ1) is 10.7. The van der Waals surface area contributed by atoms with Gasteiger partial charge in [-0.1, -0.05) is 17.7 Å². The van der Waals surface area contributed by atoms with E-state index in [1.807, 2.05) is 0 Å². The molecular weight excluding hydrogens is 320 g/mol. The fourth-order valence-corrected chi connectivity index (χ4v) is 5.39. The van der Waals surface area contributed by atoms with Gasteiger partial charge in [0.25, 0.3) is 15.9 Å². The maximum atomic E-state index is 12.9. The van der Waals surface area contributed by atoms with Crippen molar-refractivity contribution >= 4 is 27.7 Å². The molecule has 2 aliphatic heterocycles. The molecule has 3 rings (SSSR count). The predicted octanol–water partition coefficient (Wildman–Crippen LogP) is 0.520. The van der Waals surface area contributed by atoms with E-state index in [1.54, 1.807) is 26.0 Å². The maximum absolute atomic E-state index is 12.9. The van der Waals surface area contributed by atoms with Crippen molar-refractivity contribution in [1.82, 2.24) is 9.21 Å². The van der Waals surface area contributed by atoms with Gasteiger partial charge in [-0.3, -0.25) is 19.3 Å². The van der Waals surface area contributed by atoms with Crippen LogP contribution in [0.5, 0.6) is 0 Å². The highest BCUT2D eigenvalue weighted by atomic mass is 32.2. The molecule has 0 N–H and O–H groups in total. The van der Waals surface area contributed by atoms with Crippen LogP contribution in [0.3, 0.4) is 0 Å². The number of fused-ring (bicyclic) bond motifs is 2. The molecule has 3 amide bonds. The van der Waals surface area contributed by atoms with Gasteiger partial charge in [0, 0.05) is 19.0 Å². The average molecular weight is 336 g/mol. The SMILES string of the molecule is CCN1C(=O)CC2(C1=O)c1cc(C)ccc1S(=O)(=O)N2C(C)=O. The summed E-state index contributed by atoms with van der Waals surface area (Å²) in [6.45, 7) is 4.61. The van der Waals surface area contributed by atoms with Gasteiger partial charge in [-0.2, -0.15) is 0 Å². The van der Waals surface area contributed by atoms with Gasteiger partial charge in [-0.15, -0.1) is 0 Å². The van der Waals surface area contributed by atoms with E-state index in [-0.39, 0.29) is 23.4 Å². The van der Waals surface area contributed by atoms with Crippen molar-refractivity contribution in [2.24, 2.45) is 0 Å². The van der Waals surface area contributed by atoms with Gasteiger partial charge in [0.15, 0.2) is 5.54 Å². The van der Waals surface area contributed by atoms with Gasteiger partial charge in [0.05, 0.1) is 11.3 Å². The smallest absolute Gasteiger partial charge is 0.268 e. The third-order valence-electron chi connectivity index (χ3n) is 4.35. The largest absolute Gasteiger partial charge is 0.280 e. The van der Waals surface area contributed by atoms with Crippen LogP contribution >= 0.6 is 0 Å². The molecule has 1 fully saturated rings. The lowest BCUT2D eigenvalue weighted by Crippen LogP contribution is -2.51. The third kappa shape index (κ3) is 1.75. The number of imide groups is 1. The number of carbonyl (C=O) groups excluding carboxylic acids is 3. The summed E-state index contributed by atoms with van der Waals surface area (Å²) in [5.74, 6) is -1.92. The van der Waals surface area contributed by atoms with E-state index < -0.39 is 33.3 Å². The lowest BCUT2D eigenvalue weighted by atomic mass is 9.87. The zero-order valence-electron chi connectivity index (χ0n) is 13.0. The molecule has 1 unspecified atom stereocenters. The summed E-state index contributed by atoms with van der Waals surface area (Å²) in [7, 11) is -4.16. The Morgan fingerprint density at radius 1 is 1.30 bits per heavy atom. The normalized spacial score (nSPS) is 25.3. The summed E-state index contributed by atoms with van der Waals surface area (Å²) in [5, 5.41) is 0. The van der Waals surface area contributed by atoms with Crippen LogP contribution < -0.4 is 0 Å². The molecule has 1 aromatic carbocycles. The first kappa shape index (κ1) is 15.7. The molecule has 122 valence electrons. The van der Waals surface area contributed by atoms with E-state index in [1.165, 1.54) is 6.07 Å². The number of nitrogens with zero attached hydrogens (tertiary/aromatic N) is 2. The Balaban J connectivity index is 2.40. The van der Waals surface area contributed by atoms with Crippen molar-refractivity contribution < 1.29 is 22.8 Å². The van der Waals surface area contributed by atoms with Crippen molar-refractivity contribution in [3.63, 3.8) is 0 Å². The highest BCUT2D eigenvalue weighted by Gasteiger charge is 2.66. The monoisotopic (exact) mass is 336 g/mol. The van der Waals surface area contributed by atoms with Crippen molar-refractivity contribution in [2.45, 2.75) is 37.6 Å². The Bertz CT molecular complexity index is 861. The van der Waals surface area contributed by atoms with Crippen molar-refractivity contribution in [3.05, 3.63) is 29.3 Å². The van der Waals surface area contributed by atoms with E-state index in [0.29, 0.717) is 4.31 Å². The van der Waals surface area contributed by atoms with Crippen LogP contribution in [0.15, 0.2) is 23.1 Å². The highest BCUT2D eigenvalue weighted by molar-refractivity contribution is 7.90. The molecule has 1 saturated heterocycles. The molecule has 1 spiro atoms. The topological polar surface area (TPSA) is 91.8 Å². The molecule has 2 heterocycles. The molecule has 8 heteroatoms. The maximum Gasteiger partial charge on any atom is 0.268 e. The summed E-state index contributed by atoms with van der Waals surface area (Å²) >= 11 is 0. The number of rotatable bonds is 1. The second kappa shape index (κ2) is 4.64. The quantitative estimate of drug-likeness (QED) is 0.697. The first-order valence-electron chi connectivity index (χ1n) is 7.20. The summed E-state index contributed by atoms with van der Waals surface area (Å²) in [5.41, 5.74) is -0.819. The van der Waals surface area contributed by atoms with Gasteiger partial charge in [-0.05, 0) is 19.9 Å². The number of likely N-dealkylation sites (tertiary alicyclic amines) is 1. The zero-order chi connectivity index (χ0) is 17.2. The van der Waals surface area contributed by atoms with Crippen molar-refractivity contribution in [3.8, 4) is 0 Å². The Kier molecular flexibility index (Phi) is 3.16. The molecule has 0 aliphatic carbocycles. The lowest BCUT2D eigenvalue weighted by molar-refractivity contribution is -0.144. The number of benzene rings is 1. The summed E-state index contributed by atoms with van der Waals surface area (Å²) in [6, 6.07) is 4.56. The number of carbonyl (C=O) groups is 3. The minimum Gasteiger partial charge on any atom is -0.280 e. The van der Waals surface area contributed by atoms with Crippen LogP contribution in [0.4, 0.5) is 0 Å². The second-order valence-electron chi connectivity index (χ2n) is 5.77. The van der Waals surface area contributed by atoms with Crippen LogP contribution in [0.25, 0.3) is 0 Å².